The predicted octanol–water partition coefficient (Wildman–Crippen LogP) is -0.0325. The average Bonchev–Trinajstić information content (AvgIpc) is 2.00. The molecule has 3 atom stereocenters. The molecule has 1 N–H and O–H groups in total. The third-order valence-corrected chi connectivity index (χ3v) is 3.79. The lowest BCUT2D eigenvalue weighted by Crippen LogP contribution is -2.97. The highest BCUT2D eigenvalue weighted by Gasteiger charge is 2.74. The normalized spacial score (nSPS) is 54.7. The summed E-state index contributed by atoms with van der Waals surface area (Å²) < 4.78 is 0. The van der Waals surface area contributed by atoms with E-state index in [0.29, 0.717) is 6.04 Å². The van der Waals surface area contributed by atoms with E-state index in [0.717, 1.165) is 0 Å². The number of β-lactam (4-membered cyclic amide) rings is 1. The summed E-state index contributed by atoms with van der Waals surface area (Å²) in [6.07, 6.45) is 0. The van der Waals surface area contributed by atoms with Gasteiger partial charge in [0, 0.05) is 13.1 Å². The lowest BCUT2D eigenvalue weighted by atomic mass is 9.58. The van der Waals surface area contributed by atoms with Crippen LogP contribution in [0.25, 0.3) is 0 Å². The number of nitrogens with zero attached hydrogens (tertiary/aromatic N) is 1. The van der Waals surface area contributed by atoms with Crippen LogP contribution in [-0.2, 0) is 4.79 Å². The van der Waals surface area contributed by atoms with Crippen molar-refractivity contribution in [1.29, 1.82) is 0 Å². The third kappa shape index (κ3) is 0.415. The van der Waals surface area contributed by atoms with E-state index in [-0.39, 0.29) is 17.0 Å². The van der Waals surface area contributed by atoms with Gasteiger partial charge in [-0.25, -0.2) is 0 Å². The highest BCUT2D eigenvalue weighted by atomic mass is 16.2. The predicted molar refractivity (Wildman–Crippen MR) is 42.2 cm³/mol. The number of fused-ring (bicyclic) bond motifs is 1. The Morgan fingerprint density at radius 1 is 1.55 bits per heavy atom. The van der Waals surface area contributed by atoms with Crippen molar-refractivity contribution >= 4 is 5.91 Å². The van der Waals surface area contributed by atoms with E-state index in [9.17, 15) is 4.79 Å². The zero-order valence-electron chi connectivity index (χ0n) is 7.43. The van der Waals surface area contributed by atoms with Crippen LogP contribution in [0.2, 0.25) is 0 Å². The van der Waals surface area contributed by atoms with Crippen LogP contribution in [0, 0.1) is 0 Å². The van der Waals surface area contributed by atoms with Gasteiger partial charge in [0.05, 0.1) is 5.54 Å². The molecule has 3 heteroatoms. The molecule has 2 heterocycles. The summed E-state index contributed by atoms with van der Waals surface area (Å²) >= 11 is 0. The van der Waals surface area contributed by atoms with Crippen molar-refractivity contribution in [3.8, 4) is 0 Å². The van der Waals surface area contributed by atoms with E-state index in [1.165, 1.54) is 0 Å². The van der Waals surface area contributed by atoms with Crippen molar-refractivity contribution < 1.29 is 4.79 Å². The Labute approximate surface area is 66.8 Å². The summed E-state index contributed by atoms with van der Waals surface area (Å²) in [5.41, 5.74) is -0.203. The van der Waals surface area contributed by atoms with Crippen molar-refractivity contribution in [2.75, 3.05) is 7.05 Å². The van der Waals surface area contributed by atoms with E-state index in [1.807, 2.05) is 18.9 Å². The number of amides is 1. The number of carbonyl (C=O) groups excluding carboxylic acids is 1. The number of hydrogen-bond acceptors (Lipinski definition) is 2. The van der Waals surface area contributed by atoms with Gasteiger partial charge in [-0.05, 0) is 20.8 Å². The molecule has 2 rings (SSSR count). The van der Waals surface area contributed by atoms with Crippen LogP contribution >= 0.6 is 0 Å². The van der Waals surface area contributed by atoms with Crippen molar-refractivity contribution in [3.05, 3.63) is 0 Å². The molecule has 2 aliphatic rings. The number of carbonyl (C=O) groups is 1. The number of likely N-dealkylation sites (tertiary alicyclic amines) is 1. The van der Waals surface area contributed by atoms with Gasteiger partial charge in [-0.2, -0.15) is 0 Å². The minimum Gasteiger partial charge on any atom is -0.335 e. The van der Waals surface area contributed by atoms with Gasteiger partial charge in [-0.1, -0.05) is 0 Å². The minimum atomic E-state index is -0.263. The summed E-state index contributed by atoms with van der Waals surface area (Å²) in [6.45, 7) is 6.23. The lowest BCUT2D eigenvalue weighted by Gasteiger charge is -2.72. The van der Waals surface area contributed by atoms with Crippen LogP contribution in [0.1, 0.15) is 20.8 Å². The van der Waals surface area contributed by atoms with Crippen LogP contribution in [0.3, 0.4) is 0 Å². The molecule has 2 fully saturated rings. The Balaban J connectivity index is 2.35. The standard InChI is InChI=1S/C8H14N2O/c1-5-8(3)7(2,9-5)6(11)10(8)4/h5,9H,1-4H3/t5-,7-,8-/m0/s1. The molecule has 0 unspecified atom stereocenters. The summed E-state index contributed by atoms with van der Waals surface area (Å²) in [5, 5.41) is 3.25. The Bertz CT molecular complexity index is 240. The Morgan fingerprint density at radius 3 is 2.36 bits per heavy atom. The van der Waals surface area contributed by atoms with Gasteiger partial charge in [0.2, 0.25) is 5.91 Å². The first kappa shape index (κ1) is 7.10. The van der Waals surface area contributed by atoms with Crippen molar-refractivity contribution in [2.24, 2.45) is 0 Å². The highest BCUT2D eigenvalue weighted by molar-refractivity contribution is 5.97. The maximum atomic E-state index is 11.4. The molecule has 0 bridgehead atoms. The molecule has 0 aromatic carbocycles. The van der Waals surface area contributed by atoms with E-state index >= 15 is 0 Å². The second-order valence-electron chi connectivity index (χ2n) is 4.00. The molecule has 2 aliphatic heterocycles. The molecule has 62 valence electrons. The highest BCUT2D eigenvalue weighted by Crippen LogP contribution is 2.49. The number of nitrogens with one attached hydrogen (secondary N) is 1. The summed E-state index contributed by atoms with van der Waals surface area (Å²) in [6, 6.07) is 0.426. The van der Waals surface area contributed by atoms with Crippen LogP contribution in [-0.4, -0.2) is 35.0 Å². The zero-order chi connectivity index (χ0) is 8.44. The summed E-state index contributed by atoms with van der Waals surface area (Å²) in [4.78, 5) is 13.2. The first-order valence-corrected chi connectivity index (χ1v) is 4.00. The monoisotopic (exact) mass is 154 g/mol. The van der Waals surface area contributed by atoms with Crippen molar-refractivity contribution in [2.45, 2.75) is 37.9 Å². The molecule has 0 aromatic heterocycles. The van der Waals surface area contributed by atoms with Crippen molar-refractivity contribution in [3.63, 3.8) is 0 Å². The average molecular weight is 154 g/mol. The van der Waals surface area contributed by atoms with Gasteiger partial charge < -0.3 is 4.90 Å². The Hall–Kier alpha value is -0.570. The molecule has 0 saturated carbocycles. The smallest absolute Gasteiger partial charge is 0.245 e. The fraction of sp³-hybridized carbons (Fsp3) is 0.875. The zero-order valence-corrected chi connectivity index (χ0v) is 7.43. The van der Waals surface area contributed by atoms with E-state index in [1.54, 1.807) is 0 Å². The number of likely N-dealkylation sites (N-methyl/N-ethyl adjacent to an activating group) is 1. The topological polar surface area (TPSA) is 32.3 Å². The first-order chi connectivity index (χ1) is 4.94. The quantitative estimate of drug-likeness (QED) is 0.497. The van der Waals surface area contributed by atoms with E-state index in [4.69, 9.17) is 0 Å². The van der Waals surface area contributed by atoms with Gasteiger partial charge in [0.25, 0.3) is 0 Å². The minimum absolute atomic E-state index is 0.0596. The van der Waals surface area contributed by atoms with E-state index < -0.39 is 0 Å². The molecule has 0 aliphatic carbocycles. The van der Waals surface area contributed by atoms with Gasteiger partial charge in [-0.15, -0.1) is 0 Å². The van der Waals surface area contributed by atoms with Crippen LogP contribution in [0.15, 0.2) is 0 Å². The summed E-state index contributed by atoms with van der Waals surface area (Å²) in [5.74, 6) is 0.220. The molecule has 0 aromatic rings. The van der Waals surface area contributed by atoms with Gasteiger partial charge in [0.15, 0.2) is 0 Å². The number of piperazine rings is 1. The van der Waals surface area contributed by atoms with Crippen molar-refractivity contribution in [1.82, 2.24) is 10.2 Å². The summed E-state index contributed by atoms with van der Waals surface area (Å²) in [7, 11) is 1.88. The fourth-order valence-corrected chi connectivity index (χ4v) is 2.47. The molecular formula is C8H14N2O. The van der Waals surface area contributed by atoms with Gasteiger partial charge >= 0.3 is 0 Å². The molecule has 0 spiro atoms. The van der Waals surface area contributed by atoms with E-state index in [2.05, 4.69) is 19.2 Å². The van der Waals surface area contributed by atoms with Gasteiger partial charge in [0.1, 0.15) is 5.54 Å². The molecule has 11 heavy (non-hydrogen) atoms. The maximum absolute atomic E-state index is 11.4. The number of rotatable bonds is 0. The largest absolute Gasteiger partial charge is 0.335 e. The van der Waals surface area contributed by atoms with Crippen LogP contribution in [0.4, 0.5) is 0 Å². The van der Waals surface area contributed by atoms with Crippen LogP contribution < -0.4 is 5.32 Å². The van der Waals surface area contributed by atoms with Crippen LogP contribution in [0.5, 0.6) is 0 Å². The Morgan fingerprint density at radius 2 is 2.09 bits per heavy atom. The molecule has 1 amide bonds. The maximum Gasteiger partial charge on any atom is 0.245 e. The second-order valence-corrected chi connectivity index (χ2v) is 4.00. The second kappa shape index (κ2) is 1.46. The van der Waals surface area contributed by atoms with Gasteiger partial charge in [-0.3, -0.25) is 10.1 Å². The SMILES string of the molecule is C[C@@H]1N[C@@]2(C)C(=O)N(C)[C@@]12C. The third-order valence-electron chi connectivity index (χ3n) is 3.79. The molecule has 3 nitrogen and oxygen atoms in total. The molecule has 2 saturated heterocycles. The fourth-order valence-electron chi connectivity index (χ4n) is 2.47. The molecule has 0 radical (unpaired) electrons. The molecular weight excluding hydrogens is 140 g/mol. The number of hydrogen-bond donors (Lipinski definition) is 1. The first-order valence-electron chi connectivity index (χ1n) is 4.00. The Kier molecular flexibility index (Phi) is 0.942. The lowest BCUT2D eigenvalue weighted by molar-refractivity contribution is -0.202.